The van der Waals surface area contributed by atoms with Gasteiger partial charge < -0.3 is 4.57 Å². The molecule has 1 amide bonds. The summed E-state index contributed by atoms with van der Waals surface area (Å²) in [6.45, 7) is 2.86. The SMILES string of the molecule is CON1C(=O)CCC12CCN(Cc1cccn1-c1cccnc1)CC2. The van der Waals surface area contributed by atoms with Crippen molar-refractivity contribution in [3.63, 3.8) is 0 Å². The number of nitrogens with zero attached hydrogens (tertiary/aromatic N) is 4. The Morgan fingerprint density at radius 3 is 2.76 bits per heavy atom. The van der Waals surface area contributed by atoms with Crippen molar-refractivity contribution in [2.75, 3.05) is 20.2 Å². The summed E-state index contributed by atoms with van der Waals surface area (Å²) in [7, 11) is 1.61. The maximum atomic E-state index is 12.0. The van der Waals surface area contributed by atoms with Gasteiger partial charge in [0.1, 0.15) is 0 Å². The van der Waals surface area contributed by atoms with Crippen molar-refractivity contribution in [1.29, 1.82) is 0 Å². The third-order valence-corrected chi connectivity index (χ3v) is 5.57. The van der Waals surface area contributed by atoms with Crippen molar-refractivity contribution in [2.24, 2.45) is 0 Å². The summed E-state index contributed by atoms with van der Waals surface area (Å²) in [6, 6.07) is 8.27. The molecule has 0 N–H and O–H groups in total. The van der Waals surface area contributed by atoms with Crippen molar-refractivity contribution < 1.29 is 9.63 Å². The van der Waals surface area contributed by atoms with Crippen LogP contribution in [0.1, 0.15) is 31.4 Å². The highest BCUT2D eigenvalue weighted by Gasteiger charge is 2.47. The fraction of sp³-hybridized carbons (Fsp3) is 0.474. The van der Waals surface area contributed by atoms with E-state index in [4.69, 9.17) is 4.84 Å². The molecule has 0 aliphatic carbocycles. The number of carbonyl (C=O) groups is 1. The first-order chi connectivity index (χ1) is 12.2. The number of piperidine rings is 1. The zero-order chi connectivity index (χ0) is 17.3. The Balaban J connectivity index is 1.44. The largest absolute Gasteiger partial charge is 0.318 e. The second-order valence-electron chi connectivity index (χ2n) is 6.95. The molecule has 0 aromatic carbocycles. The molecule has 2 aromatic heterocycles. The molecule has 0 bridgehead atoms. The van der Waals surface area contributed by atoms with Gasteiger partial charge in [-0.05, 0) is 43.5 Å². The molecule has 2 aliphatic rings. The van der Waals surface area contributed by atoms with E-state index in [1.54, 1.807) is 18.4 Å². The highest BCUT2D eigenvalue weighted by Crippen LogP contribution is 2.39. The van der Waals surface area contributed by atoms with Crippen LogP contribution in [0.2, 0.25) is 0 Å². The van der Waals surface area contributed by atoms with Crippen molar-refractivity contribution in [2.45, 2.75) is 37.8 Å². The molecule has 0 unspecified atom stereocenters. The lowest BCUT2D eigenvalue weighted by Crippen LogP contribution is -2.52. The minimum absolute atomic E-state index is 0.0896. The molecule has 2 fully saturated rings. The van der Waals surface area contributed by atoms with Gasteiger partial charge in [0.15, 0.2) is 0 Å². The first-order valence-corrected chi connectivity index (χ1v) is 8.88. The van der Waals surface area contributed by atoms with Gasteiger partial charge in [-0.15, -0.1) is 0 Å². The van der Waals surface area contributed by atoms with E-state index in [9.17, 15) is 4.79 Å². The van der Waals surface area contributed by atoms with Crippen LogP contribution >= 0.6 is 0 Å². The fourth-order valence-electron chi connectivity index (χ4n) is 4.21. The third-order valence-electron chi connectivity index (χ3n) is 5.57. The zero-order valence-corrected chi connectivity index (χ0v) is 14.6. The fourth-order valence-corrected chi connectivity index (χ4v) is 4.21. The van der Waals surface area contributed by atoms with Crippen molar-refractivity contribution >= 4 is 5.91 Å². The smallest absolute Gasteiger partial charge is 0.246 e. The highest BCUT2D eigenvalue weighted by atomic mass is 16.7. The van der Waals surface area contributed by atoms with Crippen LogP contribution in [-0.4, -0.2) is 51.2 Å². The Bertz CT molecular complexity index is 735. The molecule has 0 radical (unpaired) electrons. The lowest BCUT2D eigenvalue weighted by Gasteiger charge is -2.43. The first kappa shape index (κ1) is 16.3. The van der Waals surface area contributed by atoms with Crippen LogP contribution < -0.4 is 0 Å². The molecule has 2 aliphatic heterocycles. The number of hydrogen-bond acceptors (Lipinski definition) is 4. The maximum absolute atomic E-state index is 12.0. The van der Waals surface area contributed by atoms with E-state index < -0.39 is 0 Å². The number of hydrogen-bond donors (Lipinski definition) is 0. The Hall–Kier alpha value is -2.18. The van der Waals surface area contributed by atoms with Gasteiger partial charge in [0.25, 0.3) is 0 Å². The average Bonchev–Trinajstić information content (AvgIpc) is 3.23. The lowest BCUT2D eigenvalue weighted by molar-refractivity contribution is -0.202. The number of carbonyl (C=O) groups excluding carboxylic acids is 1. The number of hydroxylamine groups is 2. The zero-order valence-electron chi connectivity index (χ0n) is 14.6. The summed E-state index contributed by atoms with van der Waals surface area (Å²) in [4.78, 5) is 24.1. The summed E-state index contributed by atoms with van der Waals surface area (Å²) >= 11 is 0. The number of likely N-dealkylation sites (tertiary alicyclic amines) is 1. The summed E-state index contributed by atoms with van der Waals surface area (Å²) < 4.78 is 2.19. The molecular formula is C19H24N4O2. The third kappa shape index (κ3) is 2.96. The van der Waals surface area contributed by atoms with Gasteiger partial charge in [-0.1, -0.05) is 0 Å². The molecule has 25 heavy (non-hydrogen) atoms. The molecule has 2 aromatic rings. The minimum atomic E-state index is -0.0896. The molecule has 4 heterocycles. The van der Waals surface area contributed by atoms with Gasteiger partial charge in [-0.3, -0.25) is 19.5 Å². The van der Waals surface area contributed by atoms with Crippen molar-refractivity contribution in [1.82, 2.24) is 19.5 Å². The van der Waals surface area contributed by atoms with E-state index in [1.807, 2.05) is 12.3 Å². The van der Waals surface area contributed by atoms with Gasteiger partial charge in [0, 0.05) is 44.1 Å². The van der Waals surface area contributed by atoms with E-state index in [-0.39, 0.29) is 11.4 Å². The molecule has 6 nitrogen and oxygen atoms in total. The molecule has 0 atom stereocenters. The van der Waals surface area contributed by atoms with Crippen LogP contribution in [0.3, 0.4) is 0 Å². The van der Waals surface area contributed by atoms with Crippen LogP contribution in [0.25, 0.3) is 5.69 Å². The quantitative estimate of drug-likeness (QED) is 0.857. The predicted molar refractivity (Wildman–Crippen MR) is 93.9 cm³/mol. The van der Waals surface area contributed by atoms with Crippen LogP contribution in [0.15, 0.2) is 42.9 Å². The summed E-state index contributed by atoms with van der Waals surface area (Å²) in [6.07, 6.45) is 9.23. The monoisotopic (exact) mass is 340 g/mol. The van der Waals surface area contributed by atoms with Crippen molar-refractivity contribution in [3.05, 3.63) is 48.5 Å². The van der Waals surface area contributed by atoms with Crippen LogP contribution in [0.5, 0.6) is 0 Å². The normalized spacial score (nSPS) is 20.5. The van der Waals surface area contributed by atoms with E-state index in [0.29, 0.717) is 6.42 Å². The average molecular weight is 340 g/mol. The van der Waals surface area contributed by atoms with Gasteiger partial charge >= 0.3 is 0 Å². The number of amides is 1. The van der Waals surface area contributed by atoms with Gasteiger partial charge in [-0.2, -0.15) is 0 Å². The van der Waals surface area contributed by atoms with Crippen LogP contribution in [-0.2, 0) is 16.2 Å². The maximum Gasteiger partial charge on any atom is 0.246 e. The summed E-state index contributed by atoms with van der Waals surface area (Å²) in [5.74, 6) is 0.126. The second kappa shape index (κ2) is 6.61. The molecular weight excluding hydrogens is 316 g/mol. The Labute approximate surface area is 148 Å². The highest BCUT2D eigenvalue weighted by molar-refractivity contribution is 5.78. The second-order valence-corrected chi connectivity index (χ2v) is 6.95. The van der Waals surface area contributed by atoms with Gasteiger partial charge in [0.2, 0.25) is 5.91 Å². The summed E-state index contributed by atoms with van der Waals surface area (Å²) in [5, 5.41) is 1.64. The van der Waals surface area contributed by atoms with E-state index in [2.05, 4.69) is 38.8 Å². The van der Waals surface area contributed by atoms with Gasteiger partial charge in [0.05, 0.1) is 24.5 Å². The van der Waals surface area contributed by atoms with Crippen molar-refractivity contribution in [3.8, 4) is 5.69 Å². The Morgan fingerprint density at radius 2 is 2.04 bits per heavy atom. The number of pyridine rings is 1. The van der Waals surface area contributed by atoms with Gasteiger partial charge in [-0.25, -0.2) is 5.06 Å². The minimum Gasteiger partial charge on any atom is -0.318 e. The standard InChI is InChI=1S/C19H24N4O2/c1-25-23-18(24)6-7-19(23)8-12-21(13-9-19)15-17-5-3-11-22(17)16-4-2-10-20-14-16/h2-5,10-11,14H,6-9,12-13,15H2,1H3. The molecule has 4 rings (SSSR count). The number of aromatic nitrogens is 2. The first-order valence-electron chi connectivity index (χ1n) is 8.88. The molecule has 0 saturated carbocycles. The van der Waals surface area contributed by atoms with E-state index in [0.717, 1.165) is 44.6 Å². The van der Waals surface area contributed by atoms with E-state index >= 15 is 0 Å². The number of rotatable bonds is 4. The molecule has 6 heteroatoms. The van der Waals surface area contributed by atoms with E-state index in [1.165, 1.54) is 5.69 Å². The lowest BCUT2D eigenvalue weighted by atomic mass is 9.86. The molecule has 1 spiro atoms. The predicted octanol–water partition coefficient (Wildman–Crippen LogP) is 2.39. The Morgan fingerprint density at radius 1 is 1.20 bits per heavy atom. The molecule has 2 saturated heterocycles. The topological polar surface area (TPSA) is 50.6 Å². The summed E-state index contributed by atoms with van der Waals surface area (Å²) in [5.41, 5.74) is 2.26. The van der Waals surface area contributed by atoms with Crippen LogP contribution in [0.4, 0.5) is 0 Å². The molecule has 132 valence electrons. The van der Waals surface area contributed by atoms with Crippen LogP contribution in [0, 0.1) is 0 Å². The Kier molecular flexibility index (Phi) is 4.31.